The average molecular weight is 286 g/mol. The van der Waals surface area contributed by atoms with Gasteiger partial charge in [-0.1, -0.05) is 13.8 Å². The van der Waals surface area contributed by atoms with Gasteiger partial charge in [0.25, 0.3) is 0 Å². The fraction of sp³-hybridized carbons (Fsp3) is 0.500. The maximum absolute atomic E-state index is 11.1. The fourth-order valence-electron chi connectivity index (χ4n) is 0.858. The van der Waals surface area contributed by atoms with Crippen molar-refractivity contribution < 1.29 is 28.7 Å². The monoisotopic (exact) mass is 286 g/mol. The minimum atomic E-state index is -0.795. The van der Waals surface area contributed by atoms with Crippen molar-refractivity contribution in [2.45, 2.75) is 26.7 Å². The normalized spacial score (nSPS) is 9.90. The lowest BCUT2D eigenvalue weighted by molar-refractivity contribution is -0.142. The quantitative estimate of drug-likeness (QED) is 0.357. The second kappa shape index (κ2) is 10.5. The van der Waals surface area contributed by atoms with Crippen LogP contribution in [0.5, 0.6) is 0 Å². The number of hydrogen-bond acceptors (Lipinski definition) is 6. The molecule has 0 saturated carbocycles. The Hall–Kier alpha value is -2.38. The molecule has 8 heteroatoms. The number of amides is 2. The standard InChI is InChI=1S/C12H18N2O6/c1-3-9(15)13-7-19-11(17)5-6-12(18)20-8-14-10(16)4-2/h5-6H,3-4,7-8H2,1-2H3,(H,13,15)(H,14,16)/b6-5+. The molecule has 0 aliphatic carbocycles. The molecular weight excluding hydrogens is 268 g/mol. The van der Waals surface area contributed by atoms with Crippen molar-refractivity contribution in [1.82, 2.24) is 10.6 Å². The van der Waals surface area contributed by atoms with E-state index in [0.29, 0.717) is 0 Å². The first-order valence-electron chi connectivity index (χ1n) is 6.04. The third-order valence-corrected chi connectivity index (χ3v) is 1.97. The largest absolute Gasteiger partial charge is 0.441 e. The molecule has 0 spiro atoms. The summed E-state index contributed by atoms with van der Waals surface area (Å²) in [5.74, 6) is -2.10. The fourth-order valence-corrected chi connectivity index (χ4v) is 0.858. The van der Waals surface area contributed by atoms with Crippen molar-refractivity contribution in [3.8, 4) is 0 Å². The molecule has 0 fully saturated rings. The Morgan fingerprint density at radius 1 is 0.800 bits per heavy atom. The molecule has 112 valence electrons. The van der Waals surface area contributed by atoms with E-state index in [0.717, 1.165) is 12.2 Å². The summed E-state index contributed by atoms with van der Waals surface area (Å²) in [5.41, 5.74) is 0. The molecule has 2 N–H and O–H groups in total. The van der Waals surface area contributed by atoms with Crippen LogP contribution < -0.4 is 10.6 Å². The summed E-state index contributed by atoms with van der Waals surface area (Å²) in [6.45, 7) is 2.78. The molecule has 0 aromatic heterocycles. The van der Waals surface area contributed by atoms with E-state index >= 15 is 0 Å². The number of rotatable bonds is 8. The summed E-state index contributed by atoms with van der Waals surface area (Å²) in [6, 6.07) is 0. The summed E-state index contributed by atoms with van der Waals surface area (Å²) < 4.78 is 9.18. The number of ether oxygens (including phenoxy) is 2. The first kappa shape index (κ1) is 17.6. The van der Waals surface area contributed by atoms with Crippen molar-refractivity contribution in [2.24, 2.45) is 0 Å². The van der Waals surface area contributed by atoms with Crippen LogP contribution in [-0.2, 0) is 28.7 Å². The SMILES string of the molecule is CCC(=O)NCOC(=O)/C=C/C(=O)OCNC(=O)CC. The van der Waals surface area contributed by atoms with Gasteiger partial charge in [-0.05, 0) is 0 Å². The smallest absolute Gasteiger partial charge is 0.332 e. The van der Waals surface area contributed by atoms with Gasteiger partial charge < -0.3 is 20.1 Å². The van der Waals surface area contributed by atoms with Gasteiger partial charge >= 0.3 is 11.9 Å². The van der Waals surface area contributed by atoms with Gasteiger partial charge in [0, 0.05) is 25.0 Å². The van der Waals surface area contributed by atoms with Crippen LogP contribution in [0.4, 0.5) is 0 Å². The van der Waals surface area contributed by atoms with Crippen LogP contribution in [-0.4, -0.2) is 37.2 Å². The number of carbonyl (C=O) groups excluding carboxylic acids is 4. The lowest BCUT2D eigenvalue weighted by atomic mass is 10.5. The van der Waals surface area contributed by atoms with Gasteiger partial charge in [0.1, 0.15) is 0 Å². The van der Waals surface area contributed by atoms with E-state index in [1.165, 1.54) is 0 Å². The minimum absolute atomic E-state index is 0.257. The number of nitrogens with one attached hydrogen (secondary N) is 2. The van der Waals surface area contributed by atoms with Gasteiger partial charge in [0.15, 0.2) is 13.5 Å². The second-order valence-corrected chi connectivity index (χ2v) is 3.46. The van der Waals surface area contributed by atoms with Crippen molar-refractivity contribution in [2.75, 3.05) is 13.5 Å². The van der Waals surface area contributed by atoms with Gasteiger partial charge in [0.05, 0.1) is 0 Å². The molecule has 8 nitrogen and oxygen atoms in total. The Morgan fingerprint density at radius 3 is 1.45 bits per heavy atom. The van der Waals surface area contributed by atoms with E-state index in [1.807, 2.05) is 0 Å². The van der Waals surface area contributed by atoms with Crippen LogP contribution in [0.2, 0.25) is 0 Å². The highest BCUT2D eigenvalue weighted by Crippen LogP contribution is 1.85. The molecule has 0 radical (unpaired) electrons. The van der Waals surface area contributed by atoms with Crippen LogP contribution in [0.3, 0.4) is 0 Å². The molecule has 0 aliphatic rings. The molecular formula is C12H18N2O6. The van der Waals surface area contributed by atoms with E-state index in [-0.39, 0.29) is 38.1 Å². The summed E-state index contributed by atoms with van der Waals surface area (Å²) in [5, 5.41) is 4.65. The molecule has 0 aromatic carbocycles. The highest BCUT2D eigenvalue weighted by Gasteiger charge is 2.02. The molecule has 20 heavy (non-hydrogen) atoms. The Bertz CT molecular complexity index is 355. The molecule has 2 amide bonds. The third-order valence-electron chi connectivity index (χ3n) is 1.97. The second-order valence-electron chi connectivity index (χ2n) is 3.46. The Labute approximate surface area is 116 Å². The number of carbonyl (C=O) groups is 4. The molecule has 0 aliphatic heterocycles. The molecule has 0 aromatic rings. The highest BCUT2D eigenvalue weighted by atomic mass is 16.5. The predicted octanol–water partition coefficient (Wildman–Crippen LogP) is -0.404. The van der Waals surface area contributed by atoms with E-state index in [9.17, 15) is 19.2 Å². The zero-order valence-corrected chi connectivity index (χ0v) is 11.4. The van der Waals surface area contributed by atoms with Crippen LogP contribution in [0, 0.1) is 0 Å². The van der Waals surface area contributed by atoms with Gasteiger partial charge in [-0.3, -0.25) is 9.59 Å². The van der Waals surface area contributed by atoms with Gasteiger partial charge in [-0.25, -0.2) is 9.59 Å². The van der Waals surface area contributed by atoms with Crippen molar-refractivity contribution in [3.05, 3.63) is 12.2 Å². The Kier molecular flexibility index (Phi) is 9.28. The van der Waals surface area contributed by atoms with Crippen molar-refractivity contribution >= 4 is 23.8 Å². The lowest BCUT2D eigenvalue weighted by Crippen LogP contribution is -2.27. The van der Waals surface area contributed by atoms with E-state index in [1.54, 1.807) is 13.8 Å². The van der Waals surface area contributed by atoms with E-state index in [2.05, 4.69) is 20.1 Å². The van der Waals surface area contributed by atoms with Crippen molar-refractivity contribution in [3.63, 3.8) is 0 Å². The lowest BCUT2D eigenvalue weighted by Gasteiger charge is -2.04. The third kappa shape index (κ3) is 9.63. The highest BCUT2D eigenvalue weighted by molar-refractivity contribution is 5.91. The molecule has 0 bridgehead atoms. The van der Waals surface area contributed by atoms with Gasteiger partial charge in [-0.15, -0.1) is 0 Å². The van der Waals surface area contributed by atoms with Crippen LogP contribution in [0.1, 0.15) is 26.7 Å². The summed E-state index contributed by atoms with van der Waals surface area (Å²) in [4.78, 5) is 43.9. The first-order valence-corrected chi connectivity index (χ1v) is 6.04. The van der Waals surface area contributed by atoms with Crippen molar-refractivity contribution in [1.29, 1.82) is 0 Å². The van der Waals surface area contributed by atoms with Crippen LogP contribution in [0.25, 0.3) is 0 Å². The summed E-state index contributed by atoms with van der Waals surface area (Å²) in [7, 11) is 0. The van der Waals surface area contributed by atoms with Gasteiger partial charge in [0.2, 0.25) is 11.8 Å². The van der Waals surface area contributed by atoms with E-state index in [4.69, 9.17) is 0 Å². The molecule has 0 atom stereocenters. The Morgan fingerprint density at radius 2 is 1.15 bits per heavy atom. The molecule has 0 rings (SSSR count). The molecule has 0 heterocycles. The molecule has 0 unspecified atom stereocenters. The first-order chi connectivity index (χ1) is 9.49. The maximum atomic E-state index is 11.1. The molecule has 0 saturated heterocycles. The number of hydrogen-bond donors (Lipinski definition) is 2. The zero-order valence-electron chi connectivity index (χ0n) is 11.4. The summed E-state index contributed by atoms with van der Waals surface area (Å²) in [6.07, 6.45) is 2.29. The Balaban J connectivity index is 3.80. The average Bonchev–Trinajstić information content (AvgIpc) is 2.44. The zero-order chi connectivity index (χ0) is 15.4. The number of esters is 2. The van der Waals surface area contributed by atoms with Crippen LogP contribution >= 0.6 is 0 Å². The topological polar surface area (TPSA) is 111 Å². The summed E-state index contributed by atoms with van der Waals surface area (Å²) >= 11 is 0. The predicted molar refractivity (Wildman–Crippen MR) is 67.9 cm³/mol. The van der Waals surface area contributed by atoms with Gasteiger partial charge in [-0.2, -0.15) is 0 Å². The minimum Gasteiger partial charge on any atom is -0.441 e. The van der Waals surface area contributed by atoms with E-state index < -0.39 is 11.9 Å². The van der Waals surface area contributed by atoms with Crippen LogP contribution in [0.15, 0.2) is 12.2 Å². The maximum Gasteiger partial charge on any atom is 0.332 e.